The van der Waals surface area contributed by atoms with E-state index in [1.54, 1.807) is 39.0 Å². The third-order valence-electron chi connectivity index (χ3n) is 5.96. The lowest BCUT2D eigenvalue weighted by Crippen LogP contribution is -2.59. The van der Waals surface area contributed by atoms with Crippen molar-refractivity contribution in [2.45, 2.75) is 64.2 Å². The molecule has 0 heterocycles. The molecule has 0 radical (unpaired) electrons. The number of para-hydroxylation sites is 1. The van der Waals surface area contributed by atoms with Crippen LogP contribution in [0.4, 0.5) is 4.79 Å². The number of likely N-dealkylation sites (N-methyl/N-ethyl adjacent to an activating group) is 1. The molecule has 0 aromatic heterocycles. The van der Waals surface area contributed by atoms with Gasteiger partial charge in [0.05, 0.1) is 12.6 Å². The van der Waals surface area contributed by atoms with E-state index >= 15 is 0 Å². The molecule has 2 aromatic carbocycles. The van der Waals surface area contributed by atoms with Crippen LogP contribution in [0.2, 0.25) is 0 Å². The average molecular weight is 470 g/mol. The number of amides is 2. The van der Waals surface area contributed by atoms with Crippen molar-refractivity contribution in [3.05, 3.63) is 65.2 Å². The largest absolute Gasteiger partial charge is 0.524 e. The Morgan fingerprint density at radius 1 is 1.15 bits per heavy atom. The lowest BCUT2D eigenvalue weighted by Gasteiger charge is -2.32. The molecule has 1 aliphatic carbocycles. The van der Waals surface area contributed by atoms with Gasteiger partial charge in [0, 0.05) is 6.04 Å². The van der Waals surface area contributed by atoms with Crippen LogP contribution in [0.15, 0.2) is 48.5 Å². The van der Waals surface area contributed by atoms with Gasteiger partial charge in [0.1, 0.15) is 30.6 Å². The summed E-state index contributed by atoms with van der Waals surface area (Å²) in [5.74, 6) is 0.162. The molecule has 3 rings (SSSR count). The van der Waals surface area contributed by atoms with Crippen LogP contribution in [-0.2, 0) is 17.6 Å². The van der Waals surface area contributed by atoms with Crippen molar-refractivity contribution < 1.29 is 28.7 Å². The fraction of sp³-hybridized carbons (Fsp3) is 0.481. The zero-order valence-electron chi connectivity index (χ0n) is 20.6. The molecule has 7 heteroatoms. The van der Waals surface area contributed by atoms with Gasteiger partial charge in [-0.25, -0.2) is 4.79 Å². The molecule has 7 nitrogen and oxygen atoms in total. The Morgan fingerprint density at radius 3 is 2.53 bits per heavy atom. The van der Waals surface area contributed by atoms with Gasteiger partial charge in [-0.1, -0.05) is 24.3 Å². The fourth-order valence-electron chi connectivity index (χ4n) is 4.20. The Balaban J connectivity index is 1.85. The first kappa shape index (κ1) is 25.9. The number of rotatable bonds is 6. The van der Waals surface area contributed by atoms with Crippen LogP contribution in [-0.4, -0.2) is 59.5 Å². The van der Waals surface area contributed by atoms with Crippen molar-refractivity contribution in [2.75, 3.05) is 20.2 Å². The second-order valence-electron chi connectivity index (χ2n) is 10.3. The Kier molecular flexibility index (Phi) is 8.13. The number of nitrogens with zero attached hydrogens (tertiary/aromatic N) is 1. The standard InChI is InChI=1S/C27H37N2O5/c1-27(2,3)34-26(32)29(4,17-23(30)18-33-24-11-6-5-7-12-24)25(31)20-14-13-19-9-8-10-22(28)16-21(19)15-20/h5-7,11-15,22-23,30H,8-10,16-18,28H2,1-4H3/q+1/t22?,23-,29?/m0/s1. The first-order chi connectivity index (χ1) is 16.0. The normalized spacial score (nSPS) is 18.7. The fourth-order valence-corrected chi connectivity index (χ4v) is 4.20. The van der Waals surface area contributed by atoms with Crippen molar-refractivity contribution in [3.63, 3.8) is 0 Å². The molecule has 0 saturated carbocycles. The summed E-state index contributed by atoms with van der Waals surface area (Å²) in [5, 5.41) is 10.7. The topological polar surface area (TPSA) is 98.9 Å². The van der Waals surface area contributed by atoms with Crippen molar-refractivity contribution in [2.24, 2.45) is 5.73 Å². The number of hydrogen-bond donors (Lipinski definition) is 2. The molecule has 0 aliphatic heterocycles. The molecule has 1 aliphatic rings. The SMILES string of the molecule is CC(C)(C)OC(=O)[N+](C)(C[C@H](O)COc1ccccc1)C(=O)c1ccc2c(c1)CC(N)CCC2. The summed E-state index contributed by atoms with van der Waals surface area (Å²) in [7, 11) is 1.49. The average Bonchev–Trinajstić information content (AvgIpc) is 2.96. The number of hydrogen-bond acceptors (Lipinski definition) is 6. The van der Waals surface area contributed by atoms with E-state index in [9.17, 15) is 14.7 Å². The molecule has 0 fully saturated rings. The summed E-state index contributed by atoms with van der Waals surface area (Å²) >= 11 is 0. The monoisotopic (exact) mass is 469 g/mol. The second-order valence-corrected chi connectivity index (χ2v) is 10.3. The summed E-state index contributed by atoms with van der Waals surface area (Å²) in [5.41, 5.74) is 8.06. The van der Waals surface area contributed by atoms with Crippen LogP contribution in [0.25, 0.3) is 0 Å². The number of ether oxygens (including phenoxy) is 2. The molecule has 0 bridgehead atoms. The van der Waals surface area contributed by atoms with Crippen LogP contribution >= 0.6 is 0 Å². The molecule has 2 unspecified atom stereocenters. The maximum absolute atomic E-state index is 13.7. The van der Waals surface area contributed by atoms with E-state index in [4.69, 9.17) is 15.2 Å². The lowest BCUT2D eigenvalue weighted by atomic mass is 9.98. The number of imide groups is 1. The van der Waals surface area contributed by atoms with Gasteiger partial charge in [-0.2, -0.15) is 9.28 Å². The molecule has 0 saturated heterocycles. The zero-order valence-corrected chi connectivity index (χ0v) is 20.6. The third kappa shape index (κ3) is 6.65. The summed E-state index contributed by atoms with van der Waals surface area (Å²) in [6, 6.07) is 14.7. The van der Waals surface area contributed by atoms with Crippen LogP contribution in [0.3, 0.4) is 0 Å². The molecule has 3 N–H and O–H groups in total. The molecule has 2 aromatic rings. The molecule has 0 spiro atoms. The predicted octanol–water partition coefficient (Wildman–Crippen LogP) is 3.85. The Morgan fingerprint density at radius 2 is 1.85 bits per heavy atom. The number of nitrogens with two attached hydrogens (primary N) is 1. The van der Waals surface area contributed by atoms with Gasteiger partial charge < -0.3 is 20.3 Å². The number of fused-ring (bicyclic) bond motifs is 1. The summed E-state index contributed by atoms with van der Waals surface area (Å²) in [4.78, 5) is 27.0. The number of quaternary nitrogens is 1. The van der Waals surface area contributed by atoms with Gasteiger partial charge in [-0.3, -0.25) is 0 Å². The van der Waals surface area contributed by atoms with Crippen molar-refractivity contribution >= 4 is 12.0 Å². The minimum atomic E-state index is -1.07. The Bertz CT molecular complexity index is 1000. The maximum Gasteiger partial charge on any atom is 0.524 e. The van der Waals surface area contributed by atoms with E-state index in [1.165, 1.54) is 12.6 Å². The summed E-state index contributed by atoms with van der Waals surface area (Å²) < 4.78 is 10.5. The highest BCUT2D eigenvalue weighted by atomic mass is 16.6. The van der Waals surface area contributed by atoms with Gasteiger partial charge in [-0.15, -0.1) is 0 Å². The van der Waals surface area contributed by atoms with E-state index in [1.807, 2.05) is 30.3 Å². The molecule has 184 valence electrons. The number of aryl methyl sites for hydroxylation is 1. The maximum atomic E-state index is 13.7. The molecular weight excluding hydrogens is 432 g/mol. The minimum absolute atomic E-state index is 0.0512. The van der Waals surface area contributed by atoms with E-state index in [2.05, 4.69) is 0 Å². The Hall–Kier alpha value is -2.74. The van der Waals surface area contributed by atoms with Gasteiger partial charge >= 0.3 is 12.0 Å². The highest BCUT2D eigenvalue weighted by Gasteiger charge is 2.46. The number of benzene rings is 2. The van der Waals surface area contributed by atoms with Gasteiger partial charge in [-0.05, 0) is 81.8 Å². The van der Waals surface area contributed by atoms with Crippen molar-refractivity contribution in [1.82, 2.24) is 0 Å². The second kappa shape index (κ2) is 10.7. The molecule has 34 heavy (non-hydrogen) atoms. The van der Waals surface area contributed by atoms with Gasteiger partial charge in [0.15, 0.2) is 0 Å². The van der Waals surface area contributed by atoms with Crippen molar-refractivity contribution in [3.8, 4) is 5.75 Å². The summed E-state index contributed by atoms with van der Waals surface area (Å²) in [6.45, 7) is 5.00. The highest BCUT2D eigenvalue weighted by Crippen LogP contribution is 2.25. The van der Waals surface area contributed by atoms with Crippen LogP contribution in [0.5, 0.6) is 5.75 Å². The van der Waals surface area contributed by atoms with E-state index in [-0.39, 0.29) is 19.2 Å². The quantitative estimate of drug-likeness (QED) is 0.492. The lowest BCUT2D eigenvalue weighted by molar-refractivity contribution is -0.759. The van der Waals surface area contributed by atoms with E-state index in [0.29, 0.717) is 17.7 Å². The first-order valence-electron chi connectivity index (χ1n) is 11.9. The van der Waals surface area contributed by atoms with Gasteiger partial charge in [0.25, 0.3) is 0 Å². The zero-order chi connectivity index (χ0) is 24.9. The van der Waals surface area contributed by atoms with E-state index in [0.717, 1.165) is 24.8 Å². The van der Waals surface area contributed by atoms with Crippen LogP contribution in [0, 0.1) is 0 Å². The predicted molar refractivity (Wildman–Crippen MR) is 131 cm³/mol. The number of aliphatic hydroxyl groups excluding tert-OH is 1. The summed E-state index contributed by atoms with van der Waals surface area (Å²) in [6.07, 6.45) is 1.78. The van der Waals surface area contributed by atoms with Crippen LogP contribution in [0.1, 0.15) is 55.1 Å². The third-order valence-corrected chi connectivity index (χ3v) is 5.96. The molecule has 2 amide bonds. The molecule has 3 atom stereocenters. The smallest absolute Gasteiger partial charge is 0.491 e. The molecular formula is C27H37N2O5+. The van der Waals surface area contributed by atoms with Gasteiger partial charge in [0.2, 0.25) is 0 Å². The van der Waals surface area contributed by atoms with Crippen molar-refractivity contribution in [1.29, 1.82) is 0 Å². The minimum Gasteiger partial charge on any atom is -0.491 e. The number of aliphatic hydroxyl groups is 1. The number of carbonyl (C=O) groups excluding carboxylic acids is 2. The Labute approximate surface area is 202 Å². The highest BCUT2D eigenvalue weighted by molar-refractivity contribution is 5.94. The first-order valence-corrected chi connectivity index (χ1v) is 11.9. The number of carbonyl (C=O) groups is 2. The van der Waals surface area contributed by atoms with Crippen LogP contribution < -0.4 is 10.5 Å². The van der Waals surface area contributed by atoms with E-state index < -0.39 is 28.2 Å².